The summed E-state index contributed by atoms with van der Waals surface area (Å²) in [7, 11) is 0. The number of nitrogens with zero attached hydrogens (tertiary/aromatic N) is 1. The second-order valence-corrected chi connectivity index (χ2v) is 5.38. The largest absolute Gasteiger partial charge is 0.399 e. The summed E-state index contributed by atoms with van der Waals surface area (Å²) in [4.78, 5) is 25.7. The lowest BCUT2D eigenvalue weighted by molar-refractivity contribution is -0.122. The summed E-state index contributed by atoms with van der Waals surface area (Å²) in [6.45, 7) is 5.63. The van der Waals surface area contributed by atoms with Crippen LogP contribution in [0.25, 0.3) is 0 Å². The van der Waals surface area contributed by atoms with Gasteiger partial charge in [-0.25, -0.2) is 0 Å². The van der Waals surface area contributed by atoms with Crippen LogP contribution in [0, 0.1) is 6.92 Å². The maximum Gasteiger partial charge on any atom is 0.241 e. The molecule has 2 amide bonds. The van der Waals surface area contributed by atoms with Crippen LogP contribution in [0.3, 0.4) is 0 Å². The van der Waals surface area contributed by atoms with Gasteiger partial charge in [-0.3, -0.25) is 14.5 Å². The van der Waals surface area contributed by atoms with Crippen molar-refractivity contribution in [2.45, 2.75) is 26.3 Å². The second-order valence-electron chi connectivity index (χ2n) is 5.38. The molecule has 1 fully saturated rings. The van der Waals surface area contributed by atoms with E-state index in [1.54, 1.807) is 12.1 Å². The smallest absolute Gasteiger partial charge is 0.241 e. The van der Waals surface area contributed by atoms with Gasteiger partial charge in [-0.2, -0.15) is 0 Å². The highest BCUT2D eigenvalue weighted by atomic mass is 16.2. The van der Waals surface area contributed by atoms with E-state index < -0.39 is 0 Å². The van der Waals surface area contributed by atoms with E-state index in [1.807, 2.05) is 24.8 Å². The van der Waals surface area contributed by atoms with Gasteiger partial charge in [0.2, 0.25) is 11.8 Å². The Kier molecular flexibility index (Phi) is 4.80. The molecule has 0 radical (unpaired) electrons. The molecule has 6 nitrogen and oxygen atoms in total. The minimum Gasteiger partial charge on any atom is -0.399 e. The van der Waals surface area contributed by atoms with Gasteiger partial charge in [-0.15, -0.1) is 0 Å². The van der Waals surface area contributed by atoms with Crippen LogP contribution < -0.4 is 16.4 Å². The molecular formula is C15H22N4O2. The number of amides is 2. The number of carbonyl (C=O) groups excluding carboxylic acids is 2. The SMILES string of the molecule is Cc1ccc(N)cc1NC(=O)C(C)N1CCNC(=O)CC1. The van der Waals surface area contributed by atoms with Crippen LogP contribution >= 0.6 is 0 Å². The van der Waals surface area contributed by atoms with Crippen molar-refractivity contribution in [3.8, 4) is 0 Å². The van der Waals surface area contributed by atoms with Crippen LogP contribution in [-0.2, 0) is 9.59 Å². The van der Waals surface area contributed by atoms with Crippen molar-refractivity contribution < 1.29 is 9.59 Å². The fourth-order valence-electron chi connectivity index (χ4n) is 2.35. The van der Waals surface area contributed by atoms with Crippen molar-refractivity contribution in [3.63, 3.8) is 0 Å². The average molecular weight is 290 g/mol. The van der Waals surface area contributed by atoms with Crippen LogP contribution in [0.4, 0.5) is 11.4 Å². The molecule has 2 rings (SSSR count). The Hall–Kier alpha value is -2.08. The van der Waals surface area contributed by atoms with Crippen LogP contribution in [0.15, 0.2) is 18.2 Å². The summed E-state index contributed by atoms with van der Waals surface area (Å²) >= 11 is 0. The predicted molar refractivity (Wildman–Crippen MR) is 82.9 cm³/mol. The van der Waals surface area contributed by atoms with Gasteiger partial charge in [0, 0.05) is 37.4 Å². The van der Waals surface area contributed by atoms with Gasteiger partial charge in [0.15, 0.2) is 0 Å². The summed E-state index contributed by atoms with van der Waals surface area (Å²) in [5.74, 6) is -0.0464. The van der Waals surface area contributed by atoms with Crippen molar-refractivity contribution in [2.75, 3.05) is 30.7 Å². The molecule has 1 aromatic carbocycles. The third-order valence-electron chi connectivity index (χ3n) is 3.79. The summed E-state index contributed by atoms with van der Waals surface area (Å²) in [6, 6.07) is 5.15. The lowest BCUT2D eigenvalue weighted by Crippen LogP contribution is -2.43. The number of nitrogens with two attached hydrogens (primary N) is 1. The molecule has 0 saturated carbocycles. The van der Waals surface area contributed by atoms with Gasteiger partial charge in [0.25, 0.3) is 0 Å². The molecule has 6 heteroatoms. The maximum absolute atomic E-state index is 12.4. The maximum atomic E-state index is 12.4. The predicted octanol–water partition coefficient (Wildman–Crippen LogP) is 0.726. The first-order chi connectivity index (χ1) is 9.97. The van der Waals surface area contributed by atoms with Gasteiger partial charge in [0.1, 0.15) is 0 Å². The summed E-state index contributed by atoms with van der Waals surface area (Å²) < 4.78 is 0. The topological polar surface area (TPSA) is 87.5 Å². The van der Waals surface area contributed by atoms with Crippen LogP contribution in [0.5, 0.6) is 0 Å². The van der Waals surface area contributed by atoms with E-state index in [-0.39, 0.29) is 17.9 Å². The standard InChI is InChI=1S/C15H22N4O2/c1-10-3-4-12(16)9-13(10)18-15(21)11(2)19-7-5-14(20)17-6-8-19/h3-4,9,11H,5-8,16H2,1-2H3,(H,17,20)(H,18,21). The first kappa shape index (κ1) is 15.3. The molecule has 0 aliphatic carbocycles. The highest BCUT2D eigenvalue weighted by Crippen LogP contribution is 2.19. The molecule has 1 heterocycles. The molecule has 114 valence electrons. The van der Waals surface area contributed by atoms with E-state index in [1.165, 1.54) is 0 Å². The lowest BCUT2D eigenvalue weighted by atomic mass is 10.1. The van der Waals surface area contributed by atoms with E-state index in [0.717, 1.165) is 11.3 Å². The van der Waals surface area contributed by atoms with Crippen LogP contribution in [0.1, 0.15) is 18.9 Å². The number of carbonyl (C=O) groups is 2. The first-order valence-corrected chi connectivity index (χ1v) is 7.15. The number of rotatable bonds is 3. The van der Waals surface area contributed by atoms with Crippen molar-refractivity contribution in [3.05, 3.63) is 23.8 Å². The third-order valence-corrected chi connectivity index (χ3v) is 3.79. The van der Waals surface area contributed by atoms with Gasteiger partial charge in [-0.05, 0) is 31.5 Å². The van der Waals surface area contributed by atoms with Gasteiger partial charge >= 0.3 is 0 Å². The molecule has 1 aliphatic heterocycles. The first-order valence-electron chi connectivity index (χ1n) is 7.15. The second kappa shape index (κ2) is 6.58. The average Bonchev–Trinajstić information content (AvgIpc) is 2.67. The molecule has 0 aromatic heterocycles. The Morgan fingerprint density at radius 2 is 2.19 bits per heavy atom. The molecule has 0 bridgehead atoms. The van der Waals surface area contributed by atoms with E-state index >= 15 is 0 Å². The molecule has 21 heavy (non-hydrogen) atoms. The summed E-state index contributed by atoms with van der Waals surface area (Å²) in [5, 5.41) is 5.72. The molecule has 4 N–H and O–H groups in total. The Balaban J connectivity index is 2.02. The van der Waals surface area contributed by atoms with Crippen molar-refractivity contribution in [1.82, 2.24) is 10.2 Å². The quantitative estimate of drug-likeness (QED) is 0.716. The van der Waals surface area contributed by atoms with Crippen LogP contribution in [-0.4, -0.2) is 42.4 Å². The minimum absolute atomic E-state index is 0.0387. The summed E-state index contributed by atoms with van der Waals surface area (Å²) in [6.07, 6.45) is 0.426. The van der Waals surface area contributed by atoms with E-state index in [2.05, 4.69) is 10.6 Å². The van der Waals surface area contributed by atoms with Crippen molar-refractivity contribution in [2.24, 2.45) is 0 Å². The Morgan fingerprint density at radius 1 is 1.43 bits per heavy atom. The molecule has 0 spiro atoms. The van der Waals surface area contributed by atoms with E-state index in [0.29, 0.717) is 31.7 Å². The number of anilines is 2. The number of benzene rings is 1. The number of nitrogens with one attached hydrogen (secondary N) is 2. The zero-order chi connectivity index (χ0) is 15.4. The molecule has 1 saturated heterocycles. The zero-order valence-corrected chi connectivity index (χ0v) is 12.5. The van der Waals surface area contributed by atoms with Crippen molar-refractivity contribution >= 4 is 23.2 Å². The Morgan fingerprint density at radius 3 is 2.95 bits per heavy atom. The normalized spacial score (nSPS) is 17.7. The zero-order valence-electron chi connectivity index (χ0n) is 12.5. The lowest BCUT2D eigenvalue weighted by Gasteiger charge is -2.26. The van der Waals surface area contributed by atoms with Crippen molar-refractivity contribution in [1.29, 1.82) is 0 Å². The fourth-order valence-corrected chi connectivity index (χ4v) is 2.35. The number of hydrogen-bond acceptors (Lipinski definition) is 4. The monoisotopic (exact) mass is 290 g/mol. The fraction of sp³-hybridized carbons (Fsp3) is 0.467. The van der Waals surface area contributed by atoms with Crippen LogP contribution in [0.2, 0.25) is 0 Å². The molecule has 1 aromatic rings. The van der Waals surface area contributed by atoms with Gasteiger partial charge in [0.05, 0.1) is 6.04 Å². The molecular weight excluding hydrogens is 268 g/mol. The van der Waals surface area contributed by atoms with Gasteiger partial charge in [-0.1, -0.05) is 6.07 Å². The molecule has 1 aliphatic rings. The molecule has 1 unspecified atom stereocenters. The number of nitrogen functional groups attached to an aromatic ring is 1. The van der Waals surface area contributed by atoms with E-state index in [4.69, 9.17) is 5.73 Å². The molecule has 1 atom stereocenters. The van der Waals surface area contributed by atoms with E-state index in [9.17, 15) is 9.59 Å². The van der Waals surface area contributed by atoms with Gasteiger partial charge < -0.3 is 16.4 Å². The number of hydrogen-bond donors (Lipinski definition) is 3. The Bertz CT molecular complexity index is 544. The third kappa shape index (κ3) is 3.95. The summed E-state index contributed by atoms with van der Waals surface area (Å²) in [5.41, 5.74) is 8.07. The Labute approximate surface area is 124 Å². The minimum atomic E-state index is -0.293. The number of aryl methyl sites for hydroxylation is 1. The highest BCUT2D eigenvalue weighted by Gasteiger charge is 2.24. The highest BCUT2D eigenvalue weighted by molar-refractivity contribution is 5.95.